The number of hydroxylamine groups is 2. The molecule has 0 aliphatic heterocycles. The molecule has 0 saturated carbocycles. The number of rotatable bonds is 7. The fraction of sp³-hybridized carbons (Fsp3) is 1.00. The van der Waals surface area contributed by atoms with E-state index in [1.165, 1.54) is 12.2 Å². The van der Waals surface area contributed by atoms with Crippen LogP contribution in [0.25, 0.3) is 0 Å². The fourth-order valence-corrected chi connectivity index (χ4v) is 0.963. The number of hydrogen-bond donors (Lipinski definition) is 2. The van der Waals surface area contributed by atoms with Crippen LogP contribution in [0.1, 0.15) is 0 Å². The summed E-state index contributed by atoms with van der Waals surface area (Å²) in [5, 5.41) is 18.2. The van der Waals surface area contributed by atoms with Crippen LogP contribution in [0.5, 0.6) is 0 Å². The minimum Gasteiger partial charge on any atom is -0.395 e. The van der Waals surface area contributed by atoms with E-state index in [0.717, 1.165) is 0 Å². The molecule has 0 amide bonds. The third-order valence-corrected chi connectivity index (χ3v) is 1.69. The molecule has 0 saturated heterocycles. The average molecular weight is 198 g/mol. The Bertz CT molecular complexity index is 127. The predicted octanol–water partition coefficient (Wildman–Crippen LogP) is -0.492. The summed E-state index contributed by atoms with van der Waals surface area (Å²) in [4.78, 5) is 0. The van der Waals surface area contributed by atoms with Crippen molar-refractivity contribution in [1.29, 1.82) is 0 Å². The van der Waals surface area contributed by atoms with Gasteiger partial charge in [0.15, 0.2) is 0 Å². The van der Waals surface area contributed by atoms with E-state index in [1.807, 2.05) is 0 Å². The number of hydrogen-bond acceptors (Lipinski definition) is 6. The summed E-state index contributed by atoms with van der Waals surface area (Å²) in [5.74, 6) is 0. The van der Waals surface area contributed by atoms with Gasteiger partial charge in [0.2, 0.25) is 0 Å². The Morgan fingerprint density at radius 3 is 2.17 bits per heavy atom. The molecule has 0 aliphatic carbocycles. The van der Waals surface area contributed by atoms with Crippen LogP contribution in [0.3, 0.4) is 0 Å². The highest BCUT2D eigenvalue weighted by Gasteiger charge is 2.23. The first-order valence-electron chi connectivity index (χ1n) is 3.40. The molecule has 6 nitrogen and oxygen atoms in total. The van der Waals surface area contributed by atoms with Gasteiger partial charge >= 0.3 is 8.25 Å². The van der Waals surface area contributed by atoms with E-state index in [9.17, 15) is 4.57 Å². The first-order chi connectivity index (χ1) is 5.74. The maximum absolute atomic E-state index is 10.7. The van der Waals surface area contributed by atoms with Gasteiger partial charge in [0.05, 0.1) is 33.4 Å². The van der Waals surface area contributed by atoms with Crippen molar-refractivity contribution in [3.8, 4) is 0 Å². The van der Waals surface area contributed by atoms with Crippen molar-refractivity contribution in [1.82, 2.24) is 5.06 Å². The predicted molar refractivity (Wildman–Crippen MR) is 41.4 cm³/mol. The second-order valence-electron chi connectivity index (χ2n) is 1.86. The van der Waals surface area contributed by atoms with Crippen molar-refractivity contribution in [2.45, 2.75) is 0 Å². The molecule has 0 aromatic heterocycles. The summed E-state index contributed by atoms with van der Waals surface area (Å²) < 4.78 is 19.7. The van der Waals surface area contributed by atoms with Gasteiger partial charge in [-0.1, -0.05) is 0 Å². The first kappa shape index (κ1) is 11.9. The lowest BCUT2D eigenvalue weighted by Gasteiger charge is -2.10. The highest BCUT2D eigenvalue weighted by atomic mass is 31.1. The Kier molecular flexibility index (Phi) is 7.48. The lowest BCUT2D eigenvalue weighted by molar-refractivity contribution is -0.0787. The zero-order chi connectivity index (χ0) is 9.40. The summed E-state index contributed by atoms with van der Waals surface area (Å²) in [6.07, 6.45) is 0. The average Bonchev–Trinajstić information content (AvgIpc) is 2.05. The van der Waals surface area contributed by atoms with Crippen LogP contribution in [0.4, 0.5) is 0 Å². The van der Waals surface area contributed by atoms with Gasteiger partial charge in [0.25, 0.3) is 0 Å². The molecule has 0 aromatic carbocycles. The second-order valence-corrected chi connectivity index (χ2v) is 2.84. The quantitative estimate of drug-likeness (QED) is 0.424. The summed E-state index contributed by atoms with van der Waals surface area (Å²) in [6, 6.07) is 0. The molecule has 1 unspecified atom stereocenters. The van der Waals surface area contributed by atoms with E-state index in [0.29, 0.717) is 0 Å². The normalized spacial score (nSPS) is 12.2. The molecular weight excluding hydrogens is 185 g/mol. The molecule has 0 aliphatic rings. The zero-order valence-electron chi connectivity index (χ0n) is 6.84. The van der Waals surface area contributed by atoms with Gasteiger partial charge in [-0.25, -0.2) is 0 Å². The van der Waals surface area contributed by atoms with Crippen molar-refractivity contribution < 1.29 is 23.9 Å². The maximum Gasteiger partial charge on any atom is 0.716 e. The highest BCUT2D eigenvalue weighted by molar-refractivity contribution is 7.33. The van der Waals surface area contributed by atoms with Gasteiger partial charge in [0, 0.05) is 4.57 Å². The van der Waals surface area contributed by atoms with Crippen LogP contribution in [-0.4, -0.2) is 48.7 Å². The van der Waals surface area contributed by atoms with E-state index < -0.39 is 8.25 Å². The Balaban J connectivity index is 3.68. The monoisotopic (exact) mass is 198 g/mol. The van der Waals surface area contributed by atoms with Crippen molar-refractivity contribution in [3.05, 3.63) is 0 Å². The molecule has 0 aromatic rings. The van der Waals surface area contributed by atoms with Gasteiger partial charge in [0.1, 0.15) is 0 Å². The molecule has 0 heterocycles. The van der Waals surface area contributed by atoms with E-state index in [2.05, 4.69) is 9.15 Å². The maximum atomic E-state index is 10.7. The SMILES string of the molecule is CO[P+](=O)ON(CCO)CCO. The summed E-state index contributed by atoms with van der Waals surface area (Å²) in [6.45, 7) is 0.107. The standard InChI is InChI=1S/C5H13NO5P/c1-10-12(9)11-6(2-4-7)3-5-8/h7-8H,2-5H2,1H3/q+1. The summed E-state index contributed by atoms with van der Waals surface area (Å²) in [5.41, 5.74) is 0. The van der Waals surface area contributed by atoms with Crippen molar-refractivity contribution in [2.24, 2.45) is 0 Å². The van der Waals surface area contributed by atoms with Crippen LogP contribution < -0.4 is 0 Å². The number of aliphatic hydroxyl groups is 2. The Hall–Kier alpha value is -0.100. The van der Waals surface area contributed by atoms with Crippen LogP contribution in [-0.2, 0) is 13.7 Å². The Morgan fingerprint density at radius 1 is 1.33 bits per heavy atom. The topological polar surface area (TPSA) is 79.2 Å². The van der Waals surface area contributed by atoms with Crippen molar-refractivity contribution in [2.75, 3.05) is 33.4 Å². The van der Waals surface area contributed by atoms with Gasteiger partial charge in [-0.3, -0.25) is 0 Å². The summed E-state index contributed by atoms with van der Waals surface area (Å²) in [7, 11) is -0.942. The van der Waals surface area contributed by atoms with Gasteiger partial charge < -0.3 is 10.2 Å². The molecule has 12 heavy (non-hydrogen) atoms. The van der Waals surface area contributed by atoms with Crippen LogP contribution in [0.2, 0.25) is 0 Å². The van der Waals surface area contributed by atoms with E-state index in [1.54, 1.807) is 0 Å². The molecular formula is C5H13NO5P+. The highest BCUT2D eigenvalue weighted by Crippen LogP contribution is 2.23. The van der Waals surface area contributed by atoms with Crippen LogP contribution in [0.15, 0.2) is 0 Å². The smallest absolute Gasteiger partial charge is 0.395 e. The van der Waals surface area contributed by atoms with Crippen molar-refractivity contribution in [3.63, 3.8) is 0 Å². The number of nitrogens with zero attached hydrogens (tertiary/aromatic N) is 1. The van der Waals surface area contributed by atoms with Crippen molar-refractivity contribution >= 4 is 8.25 Å². The molecule has 0 radical (unpaired) electrons. The molecule has 0 fully saturated rings. The van der Waals surface area contributed by atoms with Crippen LogP contribution >= 0.6 is 8.25 Å². The molecule has 72 valence electrons. The zero-order valence-corrected chi connectivity index (χ0v) is 7.74. The molecule has 0 bridgehead atoms. The molecule has 0 rings (SSSR count). The molecule has 1 atom stereocenters. The number of aliphatic hydroxyl groups excluding tert-OH is 2. The molecule has 2 N–H and O–H groups in total. The lowest BCUT2D eigenvalue weighted by atomic mass is 10.6. The first-order valence-corrected chi connectivity index (χ1v) is 4.50. The third kappa shape index (κ3) is 5.54. The van der Waals surface area contributed by atoms with Gasteiger partial charge in [-0.2, -0.15) is 0 Å². The molecule has 0 spiro atoms. The second kappa shape index (κ2) is 7.54. The Labute approximate surface area is 71.6 Å². The summed E-state index contributed by atoms with van der Waals surface area (Å²) >= 11 is 0. The van der Waals surface area contributed by atoms with E-state index in [-0.39, 0.29) is 26.3 Å². The minimum atomic E-state index is -2.19. The Morgan fingerprint density at radius 2 is 1.83 bits per heavy atom. The van der Waals surface area contributed by atoms with Crippen LogP contribution in [0, 0.1) is 0 Å². The van der Waals surface area contributed by atoms with Gasteiger partial charge in [-0.15, -0.1) is 9.59 Å². The minimum absolute atomic E-state index is 0.132. The van der Waals surface area contributed by atoms with E-state index >= 15 is 0 Å². The van der Waals surface area contributed by atoms with Gasteiger partial charge in [-0.05, 0) is 4.62 Å². The third-order valence-electron chi connectivity index (χ3n) is 1.03. The largest absolute Gasteiger partial charge is 0.716 e. The molecule has 7 heteroatoms. The fourth-order valence-electron chi connectivity index (χ4n) is 0.544. The lowest BCUT2D eigenvalue weighted by Crippen LogP contribution is -2.27. The van der Waals surface area contributed by atoms with E-state index in [4.69, 9.17) is 10.2 Å².